The average molecular weight is 270 g/mol. The Morgan fingerprint density at radius 2 is 2.05 bits per heavy atom. The third-order valence-electron chi connectivity index (χ3n) is 3.82. The molecule has 0 saturated heterocycles. The highest BCUT2D eigenvalue weighted by Crippen LogP contribution is 2.24. The number of hydrogen-bond acceptors (Lipinski definition) is 3. The quantitative estimate of drug-likeness (QED) is 0.835. The molecule has 1 aromatic carbocycles. The van der Waals surface area contributed by atoms with Crippen molar-refractivity contribution in [3.63, 3.8) is 0 Å². The molecule has 1 amide bonds. The molecule has 0 bridgehead atoms. The van der Waals surface area contributed by atoms with E-state index in [4.69, 9.17) is 0 Å². The SMILES string of the molecule is CC(=O)N1Cc2nnc(C)n2[C@H](Cc2ccccc2)C1. The predicted octanol–water partition coefficient (Wildman–Crippen LogP) is 1.73. The maximum absolute atomic E-state index is 11.7. The van der Waals surface area contributed by atoms with Crippen LogP contribution in [0.3, 0.4) is 0 Å². The van der Waals surface area contributed by atoms with Gasteiger partial charge in [0.25, 0.3) is 0 Å². The van der Waals surface area contributed by atoms with E-state index in [0.717, 1.165) is 24.6 Å². The second-order valence-corrected chi connectivity index (χ2v) is 5.28. The third-order valence-corrected chi connectivity index (χ3v) is 3.82. The molecule has 1 aliphatic rings. The molecule has 0 unspecified atom stereocenters. The number of aromatic nitrogens is 3. The standard InChI is InChI=1S/C15H18N4O/c1-11-16-17-15-10-18(12(2)20)9-14(19(11)15)8-13-6-4-3-5-7-13/h3-7,14H,8-10H2,1-2H3/t14-/m1/s1. The Kier molecular flexibility index (Phi) is 3.26. The van der Waals surface area contributed by atoms with Crippen molar-refractivity contribution < 1.29 is 4.79 Å². The zero-order valence-electron chi connectivity index (χ0n) is 11.8. The van der Waals surface area contributed by atoms with E-state index in [1.807, 2.05) is 30.0 Å². The Morgan fingerprint density at radius 3 is 2.75 bits per heavy atom. The minimum atomic E-state index is 0.0926. The van der Waals surface area contributed by atoms with Crippen LogP contribution in [0.5, 0.6) is 0 Å². The van der Waals surface area contributed by atoms with Crippen molar-refractivity contribution >= 4 is 5.91 Å². The molecule has 0 spiro atoms. The van der Waals surface area contributed by atoms with Crippen molar-refractivity contribution in [3.8, 4) is 0 Å². The molecule has 104 valence electrons. The first-order valence-corrected chi connectivity index (χ1v) is 6.85. The maximum Gasteiger partial charge on any atom is 0.219 e. The van der Waals surface area contributed by atoms with Gasteiger partial charge < -0.3 is 9.47 Å². The number of rotatable bonds is 2. The Bertz CT molecular complexity index is 620. The lowest BCUT2D eigenvalue weighted by molar-refractivity contribution is -0.130. The lowest BCUT2D eigenvalue weighted by atomic mass is 10.0. The fourth-order valence-electron chi connectivity index (χ4n) is 2.85. The minimum absolute atomic E-state index is 0.0926. The van der Waals surface area contributed by atoms with Gasteiger partial charge in [-0.1, -0.05) is 30.3 Å². The van der Waals surface area contributed by atoms with Crippen molar-refractivity contribution in [2.24, 2.45) is 0 Å². The number of benzene rings is 1. The Hall–Kier alpha value is -2.17. The van der Waals surface area contributed by atoms with Gasteiger partial charge in [-0.05, 0) is 18.9 Å². The first-order valence-electron chi connectivity index (χ1n) is 6.85. The summed E-state index contributed by atoms with van der Waals surface area (Å²) in [5, 5.41) is 8.36. The molecule has 0 saturated carbocycles. The molecule has 2 heterocycles. The first-order chi connectivity index (χ1) is 9.65. The van der Waals surface area contributed by atoms with Crippen LogP contribution in [0, 0.1) is 6.92 Å². The molecular weight excluding hydrogens is 252 g/mol. The lowest BCUT2D eigenvalue weighted by Gasteiger charge is -2.33. The number of nitrogens with zero attached hydrogens (tertiary/aromatic N) is 4. The van der Waals surface area contributed by atoms with Gasteiger partial charge in [0.15, 0.2) is 5.82 Å². The second kappa shape index (κ2) is 5.07. The van der Waals surface area contributed by atoms with E-state index in [1.54, 1.807) is 6.92 Å². The molecule has 0 aliphatic carbocycles. The van der Waals surface area contributed by atoms with Crippen molar-refractivity contribution in [2.45, 2.75) is 32.9 Å². The van der Waals surface area contributed by atoms with Crippen molar-refractivity contribution in [2.75, 3.05) is 6.54 Å². The largest absolute Gasteiger partial charge is 0.333 e. The number of amides is 1. The molecule has 1 aliphatic heterocycles. The van der Waals surface area contributed by atoms with Crippen LogP contribution < -0.4 is 0 Å². The summed E-state index contributed by atoms with van der Waals surface area (Å²) in [6.45, 7) is 4.86. The van der Waals surface area contributed by atoms with E-state index in [9.17, 15) is 4.79 Å². The van der Waals surface area contributed by atoms with Crippen molar-refractivity contribution in [1.82, 2.24) is 19.7 Å². The van der Waals surface area contributed by atoms with E-state index in [0.29, 0.717) is 6.54 Å². The summed E-state index contributed by atoms with van der Waals surface area (Å²) in [7, 11) is 0. The van der Waals surface area contributed by atoms with Crippen LogP contribution in [0.15, 0.2) is 30.3 Å². The molecule has 0 fully saturated rings. The van der Waals surface area contributed by atoms with E-state index >= 15 is 0 Å². The van der Waals surface area contributed by atoms with Crippen LogP contribution in [0.25, 0.3) is 0 Å². The van der Waals surface area contributed by atoms with Gasteiger partial charge in [-0.15, -0.1) is 10.2 Å². The third kappa shape index (κ3) is 2.31. The number of hydrogen-bond donors (Lipinski definition) is 0. The number of fused-ring (bicyclic) bond motifs is 1. The normalized spacial score (nSPS) is 17.9. The molecule has 5 heteroatoms. The summed E-state index contributed by atoms with van der Waals surface area (Å²) in [4.78, 5) is 13.5. The fourth-order valence-corrected chi connectivity index (χ4v) is 2.85. The maximum atomic E-state index is 11.7. The number of carbonyl (C=O) groups is 1. The minimum Gasteiger partial charge on any atom is -0.333 e. The van der Waals surface area contributed by atoms with Crippen molar-refractivity contribution in [3.05, 3.63) is 47.5 Å². The van der Waals surface area contributed by atoms with Gasteiger partial charge >= 0.3 is 0 Å². The van der Waals surface area contributed by atoms with Crippen LogP contribution in [-0.4, -0.2) is 32.1 Å². The Balaban J connectivity index is 1.92. The molecule has 0 N–H and O–H groups in total. The summed E-state index contributed by atoms with van der Waals surface area (Å²) >= 11 is 0. The summed E-state index contributed by atoms with van der Waals surface area (Å²) in [5.74, 6) is 1.89. The molecule has 5 nitrogen and oxygen atoms in total. The van der Waals surface area contributed by atoms with Gasteiger partial charge in [0.1, 0.15) is 5.82 Å². The van der Waals surface area contributed by atoms with Crippen molar-refractivity contribution in [1.29, 1.82) is 0 Å². The molecular formula is C15H18N4O. The molecule has 3 rings (SSSR count). The van der Waals surface area contributed by atoms with Crippen LogP contribution in [-0.2, 0) is 17.8 Å². The van der Waals surface area contributed by atoms with Gasteiger partial charge in [0, 0.05) is 13.5 Å². The summed E-state index contributed by atoms with van der Waals surface area (Å²) < 4.78 is 2.17. The molecule has 1 atom stereocenters. The summed E-state index contributed by atoms with van der Waals surface area (Å²) in [6, 6.07) is 10.5. The lowest BCUT2D eigenvalue weighted by Crippen LogP contribution is -2.41. The molecule has 2 aromatic rings. The number of carbonyl (C=O) groups excluding carboxylic acids is 1. The average Bonchev–Trinajstić information content (AvgIpc) is 2.82. The van der Waals surface area contributed by atoms with Gasteiger partial charge in [-0.3, -0.25) is 4.79 Å². The molecule has 0 radical (unpaired) electrons. The van der Waals surface area contributed by atoms with Crippen LogP contribution in [0.4, 0.5) is 0 Å². The van der Waals surface area contributed by atoms with Gasteiger partial charge in [-0.25, -0.2) is 0 Å². The highest BCUT2D eigenvalue weighted by molar-refractivity contribution is 5.73. The highest BCUT2D eigenvalue weighted by Gasteiger charge is 2.29. The van der Waals surface area contributed by atoms with Crippen LogP contribution in [0.2, 0.25) is 0 Å². The van der Waals surface area contributed by atoms with Gasteiger partial charge in [0.05, 0.1) is 12.6 Å². The summed E-state index contributed by atoms with van der Waals surface area (Å²) in [5.41, 5.74) is 1.27. The van der Waals surface area contributed by atoms with Gasteiger partial charge in [0.2, 0.25) is 5.91 Å². The zero-order chi connectivity index (χ0) is 14.1. The molecule has 1 aromatic heterocycles. The highest BCUT2D eigenvalue weighted by atomic mass is 16.2. The first kappa shape index (κ1) is 12.8. The van der Waals surface area contributed by atoms with E-state index in [-0.39, 0.29) is 11.9 Å². The number of aryl methyl sites for hydroxylation is 1. The zero-order valence-corrected chi connectivity index (χ0v) is 11.8. The monoisotopic (exact) mass is 270 g/mol. The second-order valence-electron chi connectivity index (χ2n) is 5.28. The van der Waals surface area contributed by atoms with E-state index < -0.39 is 0 Å². The topological polar surface area (TPSA) is 51.0 Å². The van der Waals surface area contributed by atoms with Gasteiger partial charge in [-0.2, -0.15) is 0 Å². The fraction of sp³-hybridized carbons (Fsp3) is 0.400. The van der Waals surface area contributed by atoms with E-state index in [1.165, 1.54) is 5.56 Å². The Morgan fingerprint density at radius 1 is 1.30 bits per heavy atom. The molecule has 20 heavy (non-hydrogen) atoms. The summed E-state index contributed by atoms with van der Waals surface area (Å²) in [6.07, 6.45) is 0.885. The predicted molar refractivity (Wildman–Crippen MR) is 75.0 cm³/mol. The smallest absolute Gasteiger partial charge is 0.219 e. The Labute approximate surface area is 118 Å². The van der Waals surface area contributed by atoms with E-state index in [2.05, 4.69) is 26.9 Å². The van der Waals surface area contributed by atoms with Crippen LogP contribution >= 0.6 is 0 Å². The van der Waals surface area contributed by atoms with Crippen LogP contribution in [0.1, 0.15) is 30.2 Å².